The molecule has 0 aromatic carbocycles. The summed E-state index contributed by atoms with van der Waals surface area (Å²) in [5, 5.41) is 3.41. The van der Waals surface area contributed by atoms with Gasteiger partial charge in [-0.05, 0) is 37.9 Å². The van der Waals surface area contributed by atoms with Crippen molar-refractivity contribution in [1.29, 1.82) is 0 Å². The number of nitrogens with one attached hydrogen (secondary N) is 1. The van der Waals surface area contributed by atoms with Crippen molar-refractivity contribution in [3.8, 4) is 0 Å². The van der Waals surface area contributed by atoms with Crippen LogP contribution >= 0.6 is 0 Å². The van der Waals surface area contributed by atoms with E-state index >= 15 is 0 Å². The molecule has 1 aromatic heterocycles. The van der Waals surface area contributed by atoms with Crippen molar-refractivity contribution >= 4 is 0 Å². The highest BCUT2D eigenvalue weighted by Gasteiger charge is 2.15. The summed E-state index contributed by atoms with van der Waals surface area (Å²) < 4.78 is 0. The lowest BCUT2D eigenvalue weighted by Gasteiger charge is -2.22. The lowest BCUT2D eigenvalue weighted by atomic mass is 9.95. The molecule has 70 valence electrons. The van der Waals surface area contributed by atoms with Crippen LogP contribution in [0.2, 0.25) is 0 Å². The molecule has 1 saturated heterocycles. The number of pyridine rings is 1. The fourth-order valence-corrected chi connectivity index (χ4v) is 1.83. The molecular weight excluding hydrogens is 160 g/mol. The van der Waals surface area contributed by atoms with E-state index in [0.717, 1.165) is 6.54 Å². The topological polar surface area (TPSA) is 24.9 Å². The van der Waals surface area contributed by atoms with Crippen molar-refractivity contribution in [2.24, 2.45) is 0 Å². The zero-order chi connectivity index (χ0) is 9.10. The zero-order valence-electron chi connectivity index (χ0n) is 8.09. The number of aromatic nitrogens is 1. The molecule has 2 nitrogen and oxygen atoms in total. The molecule has 1 atom stereocenters. The lowest BCUT2D eigenvalue weighted by Crippen LogP contribution is -2.28. The molecule has 1 N–H and O–H groups in total. The zero-order valence-corrected chi connectivity index (χ0v) is 8.09. The quantitative estimate of drug-likeness (QED) is 0.706. The van der Waals surface area contributed by atoms with Crippen molar-refractivity contribution < 1.29 is 0 Å². The largest absolute Gasteiger partial charge is 0.316 e. The van der Waals surface area contributed by atoms with Crippen molar-refractivity contribution in [1.82, 2.24) is 10.3 Å². The maximum Gasteiger partial charge on any atom is 0.0447 e. The summed E-state index contributed by atoms with van der Waals surface area (Å²) in [6.45, 7) is 4.34. The molecule has 0 saturated carbocycles. The Bertz CT molecular complexity index is 260. The van der Waals surface area contributed by atoms with Crippen LogP contribution < -0.4 is 5.32 Å². The van der Waals surface area contributed by atoms with Gasteiger partial charge in [-0.3, -0.25) is 4.98 Å². The van der Waals surface area contributed by atoms with Gasteiger partial charge in [-0.2, -0.15) is 0 Å². The van der Waals surface area contributed by atoms with Crippen LogP contribution in [0.5, 0.6) is 0 Å². The lowest BCUT2D eigenvalue weighted by molar-refractivity contribution is 0.454. The second kappa shape index (κ2) is 3.88. The van der Waals surface area contributed by atoms with E-state index in [-0.39, 0.29) is 0 Å². The smallest absolute Gasteiger partial charge is 0.0447 e. The maximum atomic E-state index is 4.46. The number of piperidine rings is 1. The molecule has 1 aliphatic rings. The molecular formula is C11H16N2. The van der Waals surface area contributed by atoms with Crippen molar-refractivity contribution in [3.05, 3.63) is 29.6 Å². The monoisotopic (exact) mass is 176 g/mol. The van der Waals surface area contributed by atoms with Gasteiger partial charge in [0.25, 0.3) is 0 Å². The third-order valence-corrected chi connectivity index (χ3v) is 2.65. The summed E-state index contributed by atoms with van der Waals surface area (Å²) in [5.41, 5.74) is 2.49. The summed E-state index contributed by atoms with van der Waals surface area (Å²) in [6, 6.07) is 4.31. The van der Waals surface area contributed by atoms with Crippen LogP contribution in [0, 0.1) is 6.92 Å². The molecule has 0 bridgehead atoms. The Morgan fingerprint density at radius 3 is 3.00 bits per heavy atom. The Morgan fingerprint density at radius 2 is 2.38 bits per heavy atom. The molecule has 0 aliphatic carbocycles. The number of aryl methyl sites for hydroxylation is 1. The van der Waals surface area contributed by atoms with Gasteiger partial charge in [-0.1, -0.05) is 6.07 Å². The van der Waals surface area contributed by atoms with Crippen molar-refractivity contribution in [2.45, 2.75) is 25.7 Å². The summed E-state index contributed by atoms with van der Waals surface area (Å²) in [6.07, 6.45) is 4.52. The average Bonchev–Trinajstić information content (AvgIpc) is 2.20. The maximum absolute atomic E-state index is 4.46. The number of hydrogen-bond acceptors (Lipinski definition) is 2. The molecule has 1 fully saturated rings. The second-order valence-corrected chi connectivity index (χ2v) is 3.80. The Hall–Kier alpha value is -0.890. The Labute approximate surface area is 79.4 Å². The molecule has 0 radical (unpaired) electrons. The number of rotatable bonds is 1. The van der Waals surface area contributed by atoms with Crippen molar-refractivity contribution in [2.75, 3.05) is 13.1 Å². The highest BCUT2D eigenvalue weighted by atomic mass is 14.9. The minimum atomic E-state index is 0.634. The fourth-order valence-electron chi connectivity index (χ4n) is 1.83. The van der Waals surface area contributed by atoms with Gasteiger partial charge in [-0.25, -0.2) is 0 Å². The summed E-state index contributed by atoms with van der Waals surface area (Å²) in [7, 11) is 0. The SMILES string of the molecule is Cc1ccc([C@@H]2CCCNC2)nc1. The van der Waals surface area contributed by atoms with Crippen LogP contribution in [0.3, 0.4) is 0 Å². The predicted molar refractivity (Wildman–Crippen MR) is 53.8 cm³/mol. The van der Waals surface area contributed by atoms with Gasteiger partial charge in [0.15, 0.2) is 0 Å². The third-order valence-electron chi connectivity index (χ3n) is 2.65. The van der Waals surface area contributed by atoms with Gasteiger partial charge < -0.3 is 5.32 Å². The molecule has 1 aromatic rings. The van der Waals surface area contributed by atoms with Gasteiger partial charge in [0.2, 0.25) is 0 Å². The van der Waals surface area contributed by atoms with E-state index in [1.165, 1.54) is 30.6 Å². The standard InChI is InChI=1S/C11H16N2/c1-9-4-5-11(13-7-9)10-3-2-6-12-8-10/h4-5,7,10,12H,2-3,6,8H2,1H3/t10-/m1/s1. The van der Waals surface area contributed by atoms with Crippen LogP contribution in [0.1, 0.15) is 30.0 Å². The van der Waals surface area contributed by atoms with E-state index < -0.39 is 0 Å². The molecule has 2 heterocycles. The van der Waals surface area contributed by atoms with Crippen LogP contribution in [-0.4, -0.2) is 18.1 Å². The van der Waals surface area contributed by atoms with E-state index in [1.807, 2.05) is 6.20 Å². The first-order chi connectivity index (χ1) is 6.36. The van der Waals surface area contributed by atoms with E-state index in [1.54, 1.807) is 0 Å². The number of nitrogens with zero attached hydrogens (tertiary/aromatic N) is 1. The minimum absolute atomic E-state index is 0.634. The molecule has 0 unspecified atom stereocenters. The Morgan fingerprint density at radius 1 is 1.46 bits per heavy atom. The van der Waals surface area contributed by atoms with E-state index in [4.69, 9.17) is 0 Å². The van der Waals surface area contributed by atoms with Crippen LogP contribution in [0.25, 0.3) is 0 Å². The number of hydrogen-bond donors (Lipinski definition) is 1. The minimum Gasteiger partial charge on any atom is -0.316 e. The van der Waals surface area contributed by atoms with Gasteiger partial charge in [-0.15, -0.1) is 0 Å². The first kappa shape index (κ1) is 8.70. The molecule has 1 aliphatic heterocycles. The van der Waals surface area contributed by atoms with Gasteiger partial charge in [0.05, 0.1) is 0 Å². The summed E-state index contributed by atoms with van der Waals surface area (Å²) in [5.74, 6) is 0.634. The van der Waals surface area contributed by atoms with Crippen LogP contribution in [0.4, 0.5) is 0 Å². The molecule has 2 rings (SSSR count). The van der Waals surface area contributed by atoms with Gasteiger partial charge in [0.1, 0.15) is 0 Å². The second-order valence-electron chi connectivity index (χ2n) is 3.80. The van der Waals surface area contributed by atoms with Gasteiger partial charge in [0, 0.05) is 24.4 Å². The Kier molecular flexibility index (Phi) is 2.60. The average molecular weight is 176 g/mol. The molecule has 0 amide bonds. The van der Waals surface area contributed by atoms with Crippen molar-refractivity contribution in [3.63, 3.8) is 0 Å². The fraction of sp³-hybridized carbons (Fsp3) is 0.545. The first-order valence-corrected chi connectivity index (χ1v) is 4.99. The van der Waals surface area contributed by atoms with Crippen LogP contribution in [0.15, 0.2) is 18.3 Å². The summed E-state index contributed by atoms with van der Waals surface area (Å²) in [4.78, 5) is 4.46. The molecule has 2 heteroatoms. The molecule has 0 spiro atoms. The van der Waals surface area contributed by atoms with E-state index in [0.29, 0.717) is 5.92 Å². The summed E-state index contributed by atoms with van der Waals surface area (Å²) >= 11 is 0. The Balaban J connectivity index is 2.10. The highest BCUT2D eigenvalue weighted by molar-refractivity contribution is 5.16. The predicted octanol–water partition coefficient (Wildman–Crippen LogP) is 1.86. The third kappa shape index (κ3) is 2.07. The van der Waals surface area contributed by atoms with Crippen LogP contribution in [-0.2, 0) is 0 Å². The van der Waals surface area contributed by atoms with E-state index in [9.17, 15) is 0 Å². The first-order valence-electron chi connectivity index (χ1n) is 4.99. The van der Waals surface area contributed by atoms with E-state index in [2.05, 4.69) is 29.4 Å². The van der Waals surface area contributed by atoms with Gasteiger partial charge >= 0.3 is 0 Å². The highest BCUT2D eigenvalue weighted by Crippen LogP contribution is 2.20. The normalized spacial score (nSPS) is 23.0. The molecule has 13 heavy (non-hydrogen) atoms.